The van der Waals surface area contributed by atoms with E-state index in [1.165, 1.54) is 6.92 Å². The van der Waals surface area contributed by atoms with E-state index >= 15 is 0 Å². The fourth-order valence-corrected chi connectivity index (χ4v) is 3.23. The normalized spacial score (nSPS) is 12.2. The maximum absolute atomic E-state index is 12.5. The summed E-state index contributed by atoms with van der Waals surface area (Å²) < 4.78 is 0. The number of hydrogen-bond donors (Lipinski definition) is 3. The molecule has 2 rings (SSSR count). The maximum atomic E-state index is 12.5. The smallest absolute Gasteiger partial charge is 0.243 e. The molecule has 0 fully saturated rings. The zero-order valence-electron chi connectivity index (χ0n) is 14.3. The second kappa shape index (κ2) is 8.05. The molecule has 8 heteroatoms. The fraction of sp³-hybridized carbons (Fsp3) is 0.500. The van der Waals surface area contributed by atoms with E-state index in [9.17, 15) is 9.59 Å². The van der Waals surface area contributed by atoms with Crippen molar-refractivity contribution in [3.8, 4) is 0 Å². The standard InChI is InChI=1S/C16H23N5O2S/c1-9(2)16-20-10(3)14(24-16)7-18-15(23)13(21-11(4)22)5-12-6-17-8-19-12/h6,8-9,13H,5,7H2,1-4H3,(H,17,19)(H,18,23)(H,21,22)/t13-/m0/s1. The molecule has 7 nitrogen and oxygen atoms in total. The van der Waals surface area contributed by atoms with E-state index in [4.69, 9.17) is 0 Å². The Labute approximate surface area is 145 Å². The summed E-state index contributed by atoms with van der Waals surface area (Å²) in [6.07, 6.45) is 3.56. The molecule has 1 atom stereocenters. The Morgan fingerprint density at radius 3 is 2.67 bits per heavy atom. The van der Waals surface area contributed by atoms with Gasteiger partial charge in [-0.15, -0.1) is 11.3 Å². The molecular weight excluding hydrogens is 326 g/mol. The first-order valence-corrected chi connectivity index (χ1v) is 8.66. The summed E-state index contributed by atoms with van der Waals surface area (Å²) in [6, 6.07) is -0.638. The van der Waals surface area contributed by atoms with Crippen molar-refractivity contribution in [2.45, 2.75) is 52.6 Å². The van der Waals surface area contributed by atoms with Crippen molar-refractivity contribution < 1.29 is 9.59 Å². The minimum Gasteiger partial charge on any atom is -0.349 e. The summed E-state index contributed by atoms with van der Waals surface area (Å²) >= 11 is 1.61. The Morgan fingerprint density at radius 2 is 2.12 bits per heavy atom. The molecule has 2 aromatic rings. The number of aromatic amines is 1. The first-order valence-electron chi connectivity index (χ1n) is 7.85. The molecule has 24 heavy (non-hydrogen) atoms. The second-order valence-electron chi connectivity index (χ2n) is 5.97. The van der Waals surface area contributed by atoms with Crippen molar-refractivity contribution in [1.29, 1.82) is 0 Å². The molecule has 0 radical (unpaired) electrons. The third kappa shape index (κ3) is 4.89. The number of aromatic nitrogens is 3. The van der Waals surface area contributed by atoms with Crippen LogP contribution in [0.2, 0.25) is 0 Å². The summed E-state index contributed by atoms with van der Waals surface area (Å²) in [5.41, 5.74) is 1.73. The first-order chi connectivity index (χ1) is 11.4. The lowest BCUT2D eigenvalue weighted by molar-refractivity contribution is -0.128. The number of rotatable bonds is 7. The number of imidazole rings is 1. The van der Waals surface area contributed by atoms with Gasteiger partial charge in [0.15, 0.2) is 0 Å². The van der Waals surface area contributed by atoms with Crippen LogP contribution in [0, 0.1) is 6.92 Å². The number of nitrogens with one attached hydrogen (secondary N) is 3. The van der Waals surface area contributed by atoms with Gasteiger partial charge in [0.05, 0.1) is 23.6 Å². The predicted octanol–water partition coefficient (Wildman–Crippen LogP) is 1.66. The highest BCUT2D eigenvalue weighted by atomic mass is 32.1. The van der Waals surface area contributed by atoms with E-state index in [1.54, 1.807) is 23.9 Å². The highest BCUT2D eigenvalue weighted by Gasteiger charge is 2.21. The average molecular weight is 349 g/mol. The molecule has 2 aromatic heterocycles. The number of aryl methyl sites for hydroxylation is 1. The number of thiazole rings is 1. The van der Waals surface area contributed by atoms with Crippen molar-refractivity contribution in [2.24, 2.45) is 0 Å². The first kappa shape index (κ1) is 18.1. The van der Waals surface area contributed by atoms with E-state index < -0.39 is 6.04 Å². The van der Waals surface area contributed by atoms with Crippen LogP contribution in [-0.2, 0) is 22.6 Å². The number of amides is 2. The van der Waals surface area contributed by atoms with E-state index in [2.05, 4.69) is 39.4 Å². The van der Waals surface area contributed by atoms with Crippen LogP contribution >= 0.6 is 11.3 Å². The van der Waals surface area contributed by atoms with Crippen LogP contribution in [0.15, 0.2) is 12.5 Å². The van der Waals surface area contributed by atoms with Crippen LogP contribution in [0.4, 0.5) is 0 Å². The average Bonchev–Trinajstić information content (AvgIpc) is 3.13. The van der Waals surface area contributed by atoms with Gasteiger partial charge in [-0.2, -0.15) is 0 Å². The molecule has 0 saturated heterocycles. The Morgan fingerprint density at radius 1 is 1.38 bits per heavy atom. The third-order valence-corrected chi connectivity index (χ3v) is 4.96. The molecule has 3 N–H and O–H groups in total. The second-order valence-corrected chi connectivity index (χ2v) is 7.08. The van der Waals surface area contributed by atoms with Crippen LogP contribution in [0.25, 0.3) is 0 Å². The fourth-order valence-electron chi connectivity index (χ4n) is 2.22. The Kier molecular flexibility index (Phi) is 6.08. The zero-order chi connectivity index (χ0) is 17.7. The van der Waals surface area contributed by atoms with Gasteiger partial charge in [0, 0.05) is 36.0 Å². The van der Waals surface area contributed by atoms with Gasteiger partial charge in [0.2, 0.25) is 11.8 Å². The zero-order valence-corrected chi connectivity index (χ0v) is 15.2. The minimum atomic E-state index is -0.638. The highest BCUT2D eigenvalue weighted by Crippen LogP contribution is 2.24. The SMILES string of the molecule is CC(=O)N[C@@H](Cc1cnc[nH]1)C(=O)NCc1sc(C(C)C)nc1C. The van der Waals surface area contributed by atoms with Gasteiger partial charge in [0.25, 0.3) is 0 Å². The minimum absolute atomic E-state index is 0.223. The molecule has 2 amide bonds. The maximum Gasteiger partial charge on any atom is 0.243 e. The molecule has 0 spiro atoms. The molecule has 0 aliphatic rings. The summed E-state index contributed by atoms with van der Waals surface area (Å²) in [5.74, 6) is -0.102. The van der Waals surface area contributed by atoms with Gasteiger partial charge in [-0.05, 0) is 6.92 Å². The Bertz CT molecular complexity index is 693. The van der Waals surface area contributed by atoms with E-state index in [0.29, 0.717) is 18.9 Å². The monoisotopic (exact) mass is 349 g/mol. The van der Waals surface area contributed by atoms with Crippen molar-refractivity contribution >= 4 is 23.2 Å². The van der Waals surface area contributed by atoms with Crippen molar-refractivity contribution in [2.75, 3.05) is 0 Å². The number of H-pyrrole nitrogens is 1. The summed E-state index contributed by atoms with van der Waals surface area (Å²) in [5, 5.41) is 6.64. The van der Waals surface area contributed by atoms with Gasteiger partial charge in [-0.25, -0.2) is 9.97 Å². The molecule has 0 aliphatic heterocycles. The van der Waals surface area contributed by atoms with Gasteiger partial charge in [-0.3, -0.25) is 9.59 Å². The highest BCUT2D eigenvalue weighted by molar-refractivity contribution is 7.11. The lowest BCUT2D eigenvalue weighted by Gasteiger charge is -2.16. The molecule has 0 aliphatic carbocycles. The number of nitrogens with zero attached hydrogens (tertiary/aromatic N) is 2. The van der Waals surface area contributed by atoms with Crippen LogP contribution in [0.5, 0.6) is 0 Å². The molecule has 2 heterocycles. The van der Waals surface area contributed by atoms with E-state index in [-0.39, 0.29) is 11.8 Å². The Balaban J connectivity index is 2.00. The van der Waals surface area contributed by atoms with Crippen LogP contribution in [0.1, 0.15) is 48.0 Å². The third-order valence-electron chi connectivity index (χ3n) is 3.50. The predicted molar refractivity (Wildman–Crippen MR) is 92.7 cm³/mol. The lowest BCUT2D eigenvalue weighted by Crippen LogP contribution is -2.47. The lowest BCUT2D eigenvalue weighted by atomic mass is 10.1. The summed E-state index contributed by atoms with van der Waals surface area (Å²) in [6.45, 7) is 7.94. The van der Waals surface area contributed by atoms with Crippen LogP contribution in [-0.4, -0.2) is 32.8 Å². The molecule has 130 valence electrons. The van der Waals surface area contributed by atoms with E-state index in [1.807, 2.05) is 6.92 Å². The van der Waals surface area contributed by atoms with Crippen LogP contribution in [0.3, 0.4) is 0 Å². The van der Waals surface area contributed by atoms with Crippen molar-refractivity contribution in [1.82, 2.24) is 25.6 Å². The summed E-state index contributed by atoms with van der Waals surface area (Å²) in [7, 11) is 0. The topological polar surface area (TPSA) is 99.8 Å². The number of carbonyl (C=O) groups is 2. The largest absolute Gasteiger partial charge is 0.349 e. The number of carbonyl (C=O) groups excluding carboxylic acids is 2. The quantitative estimate of drug-likeness (QED) is 0.708. The molecule has 0 unspecified atom stereocenters. The molecule has 0 saturated carbocycles. The van der Waals surface area contributed by atoms with Gasteiger partial charge >= 0.3 is 0 Å². The van der Waals surface area contributed by atoms with Gasteiger partial charge in [-0.1, -0.05) is 13.8 Å². The molecular formula is C16H23N5O2S. The van der Waals surface area contributed by atoms with Gasteiger partial charge in [0.1, 0.15) is 6.04 Å². The molecule has 0 bridgehead atoms. The Hall–Kier alpha value is -2.22. The van der Waals surface area contributed by atoms with Gasteiger partial charge < -0.3 is 15.6 Å². The summed E-state index contributed by atoms with van der Waals surface area (Å²) in [4.78, 5) is 36.3. The van der Waals surface area contributed by atoms with Crippen molar-refractivity contribution in [3.05, 3.63) is 33.8 Å². The number of hydrogen-bond acceptors (Lipinski definition) is 5. The van der Waals surface area contributed by atoms with Crippen molar-refractivity contribution in [3.63, 3.8) is 0 Å². The molecule has 0 aromatic carbocycles. The van der Waals surface area contributed by atoms with Crippen LogP contribution < -0.4 is 10.6 Å². The van der Waals surface area contributed by atoms with E-state index in [0.717, 1.165) is 21.3 Å².